The summed E-state index contributed by atoms with van der Waals surface area (Å²) in [6, 6.07) is 0. The van der Waals surface area contributed by atoms with Crippen molar-refractivity contribution in [3.05, 3.63) is 0 Å². The summed E-state index contributed by atoms with van der Waals surface area (Å²) >= 11 is 0. The fourth-order valence-corrected chi connectivity index (χ4v) is 9.30. The van der Waals surface area contributed by atoms with E-state index in [9.17, 15) is 25.5 Å². The maximum Gasteiger partial charge on any atom is 0.0602 e. The summed E-state index contributed by atoms with van der Waals surface area (Å²) in [6.45, 7) is 7.11. The molecule has 11 atom stereocenters. The molecule has 186 valence electrons. The molecule has 5 nitrogen and oxygen atoms in total. The average Bonchev–Trinajstić information content (AvgIpc) is 3.12. The van der Waals surface area contributed by atoms with Crippen LogP contribution >= 0.6 is 0 Å². The van der Waals surface area contributed by atoms with Crippen molar-refractivity contribution in [2.24, 2.45) is 52.3 Å². The molecule has 0 heterocycles. The van der Waals surface area contributed by atoms with Gasteiger partial charge in [0.1, 0.15) is 0 Å². The molecule has 0 aromatic heterocycles. The molecule has 0 radical (unpaired) electrons. The second kappa shape index (κ2) is 9.45. The van der Waals surface area contributed by atoms with Crippen LogP contribution in [0.3, 0.4) is 0 Å². The Bertz CT molecular complexity index is 638. The Morgan fingerprint density at radius 1 is 0.875 bits per heavy atom. The third-order valence-corrected chi connectivity index (χ3v) is 11.3. The Morgan fingerprint density at radius 2 is 1.59 bits per heavy atom. The normalized spacial score (nSPS) is 49.4. The maximum absolute atomic E-state index is 11.6. The molecule has 4 aliphatic rings. The van der Waals surface area contributed by atoms with Crippen molar-refractivity contribution in [1.82, 2.24) is 0 Å². The van der Waals surface area contributed by atoms with E-state index < -0.39 is 0 Å². The minimum atomic E-state index is -0.332. The van der Waals surface area contributed by atoms with Crippen LogP contribution in [0.5, 0.6) is 0 Å². The fraction of sp³-hybridized carbons (Fsp3) is 1.00. The molecule has 0 saturated heterocycles. The van der Waals surface area contributed by atoms with E-state index >= 15 is 0 Å². The van der Waals surface area contributed by atoms with E-state index in [1.54, 1.807) is 0 Å². The quantitative estimate of drug-likeness (QED) is 0.408. The van der Waals surface area contributed by atoms with Crippen molar-refractivity contribution < 1.29 is 25.5 Å². The van der Waals surface area contributed by atoms with Gasteiger partial charge in [-0.3, -0.25) is 0 Å². The van der Waals surface area contributed by atoms with E-state index in [2.05, 4.69) is 20.8 Å². The van der Waals surface area contributed by atoms with Gasteiger partial charge in [0.15, 0.2) is 0 Å². The van der Waals surface area contributed by atoms with Crippen LogP contribution < -0.4 is 0 Å². The van der Waals surface area contributed by atoms with Crippen molar-refractivity contribution in [3.63, 3.8) is 0 Å². The van der Waals surface area contributed by atoms with Crippen LogP contribution in [0.1, 0.15) is 85.0 Å². The molecule has 32 heavy (non-hydrogen) atoms. The summed E-state index contributed by atoms with van der Waals surface area (Å²) in [6.07, 6.45) is 8.51. The summed E-state index contributed by atoms with van der Waals surface area (Å²) in [4.78, 5) is 0. The second-order valence-corrected chi connectivity index (χ2v) is 12.7. The van der Waals surface area contributed by atoms with Gasteiger partial charge in [0.25, 0.3) is 0 Å². The van der Waals surface area contributed by atoms with Crippen LogP contribution in [0.15, 0.2) is 0 Å². The molecule has 0 aromatic carbocycles. The first kappa shape index (κ1) is 24.9. The highest BCUT2D eigenvalue weighted by Crippen LogP contribution is 2.68. The number of hydrogen-bond acceptors (Lipinski definition) is 5. The summed E-state index contributed by atoms with van der Waals surface area (Å²) in [5, 5.41) is 52.0. The molecule has 0 aliphatic heterocycles. The molecule has 0 spiro atoms. The molecule has 5 heteroatoms. The van der Waals surface area contributed by atoms with Crippen LogP contribution in [0.25, 0.3) is 0 Å². The molecule has 4 rings (SSSR count). The van der Waals surface area contributed by atoms with Gasteiger partial charge in [-0.05, 0) is 97.7 Å². The van der Waals surface area contributed by atoms with Gasteiger partial charge in [-0.25, -0.2) is 0 Å². The maximum atomic E-state index is 11.6. The Kier molecular flexibility index (Phi) is 7.36. The largest absolute Gasteiger partial charge is 0.396 e. The molecule has 5 N–H and O–H groups in total. The van der Waals surface area contributed by atoms with Gasteiger partial charge in [0.2, 0.25) is 0 Å². The summed E-state index contributed by atoms with van der Waals surface area (Å²) in [7, 11) is 0. The predicted molar refractivity (Wildman–Crippen MR) is 125 cm³/mol. The van der Waals surface area contributed by atoms with Crippen molar-refractivity contribution in [2.75, 3.05) is 13.2 Å². The lowest BCUT2D eigenvalue weighted by Crippen LogP contribution is -2.62. The van der Waals surface area contributed by atoms with Crippen molar-refractivity contribution in [3.8, 4) is 0 Å². The molecule has 0 unspecified atom stereocenters. The van der Waals surface area contributed by atoms with E-state index in [0.717, 1.165) is 64.2 Å². The zero-order valence-corrected chi connectivity index (χ0v) is 20.5. The predicted octanol–water partition coefficient (Wildman–Crippen LogP) is 3.36. The molecule has 4 fully saturated rings. The Hall–Kier alpha value is -0.200. The first-order valence-corrected chi connectivity index (χ1v) is 13.4. The van der Waals surface area contributed by atoms with Crippen molar-refractivity contribution in [1.29, 1.82) is 0 Å². The summed E-state index contributed by atoms with van der Waals surface area (Å²) < 4.78 is 0. The fourth-order valence-electron chi connectivity index (χ4n) is 9.30. The number of hydrogen-bond donors (Lipinski definition) is 5. The SMILES string of the molecule is C[C@@H](CCCC(CO)CO)[C@H]1CC[C@H]2[C@@H]3[C@H](O)C[C@@H]4C[C@H](O)CC[C@]4(C)[C@H]3C[C@H](O)[C@]12C. The molecular weight excluding hydrogens is 404 g/mol. The summed E-state index contributed by atoms with van der Waals surface area (Å²) in [5.41, 5.74) is -0.0228. The minimum absolute atomic E-state index is 0.0183. The van der Waals surface area contributed by atoms with Crippen LogP contribution in [0, 0.1) is 52.3 Å². The topological polar surface area (TPSA) is 101 Å². The van der Waals surface area contributed by atoms with Crippen LogP contribution in [0.4, 0.5) is 0 Å². The number of aliphatic hydroxyl groups excluding tert-OH is 5. The molecule has 0 aromatic rings. The lowest BCUT2D eigenvalue weighted by Gasteiger charge is -2.63. The smallest absolute Gasteiger partial charge is 0.0602 e. The van der Waals surface area contributed by atoms with Crippen LogP contribution in [0.2, 0.25) is 0 Å². The highest BCUT2D eigenvalue weighted by Gasteiger charge is 2.65. The van der Waals surface area contributed by atoms with E-state index in [4.69, 9.17) is 0 Å². The molecule has 0 amide bonds. The monoisotopic (exact) mass is 452 g/mol. The second-order valence-electron chi connectivity index (χ2n) is 12.7. The Labute approximate surface area is 194 Å². The third-order valence-electron chi connectivity index (χ3n) is 11.3. The lowest BCUT2D eigenvalue weighted by atomic mass is 9.43. The van der Waals surface area contributed by atoms with E-state index in [-0.39, 0.29) is 54.2 Å². The van der Waals surface area contributed by atoms with E-state index in [0.29, 0.717) is 29.6 Å². The van der Waals surface area contributed by atoms with Gasteiger partial charge < -0.3 is 25.5 Å². The Balaban J connectivity index is 1.50. The van der Waals surface area contributed by atoms with E-state index in [1.807, 2.05) is 0 Å². The van der Waals surface area contributed by atoms with Gasteiger partial charge in [-0.2, -0.15) is 0 Å². The molecular formula is C27H48O5. The highest BCUT2D eigenvalue weighted by atomic mass is 16.3. The van der Waals surface area contributed by atoms with Crippen molar-refractivity contribution in [2.45, 2.75) is 103 Å². The first-order valence-electron chi connectivity index (χ1n) is 13.4. The van der Waals surface area contributed by atoms with Gasteiger partial charge in [-0.1, -0.05) is 33.6 Å². The molecule has 0 bridgehead atoms. The zero-order chi connectivity index (χ0) is 23.3. The van der Waals surface area contributed by atoms with Crippen molar-refractivity contribution >= 4 is 0 Å². The molecule has 4 saturated carbocycles. The standard InChI is InChI=1S/C27H48O5/c1-16(5-4-6-17(14-28)15-29)20-7-8-21-25-22(13-24(32)27(20,21)3)26(2)10-9-19(30)11-18(26)12-23(25)31/h16-25,28-32H,4-15H2,1-3H3/t16-,18-,19+,20+,21-,22-,23+,24-,25-,26-,27+/m0/s1. The van der Waals surface area contributed by atoms with Gasteiger partial charge >= 0.3 is 0 Å². The number of fused-ring (bicyclic) bond motifs is 5. The lowest BCUT2D eigenvalue weighted by molar-refractivity contribution is -0.207. The van der Waals surface area contributed by atoms with Gasteiger partial charge in [0.05, 0.1) is 18.3 Å². The number of rotatable bonds is 7. The average molecular weight is 453 g/mol. The van der Waals surface area contributed by atoms with Crippen LogP contribution in [-0.4, -0.2) is 57.1 Å². The zero-order valence-electron chi connectivity index (χ0n) is 20.5. The third kappa shape index (κ3) is 3.98. The van der Waals surface area contributed by atoms with Gasteiger partial charge in [-0.15, -0.1) is 0 Å². The number of aliphatic hydroxyl groups is 5. The molecule has 4 aliphatic carbocycles. The minimum Gasteiger partial charge on any atom is -0.396 e. The summed E-state index contributed by atoms with van der Waals surface area (Å²) in [5.74, 6) is 2.27. The van der Waals surface area contributed by atoms with E-state index in [1.165, 1.54) is 0 Å². The van der Waals surface area contributed by atoms with Gasteiger partial charge in [0, 0.05) is 19.1 Å². The first-order chi connectivity index (χ1) is 15.2. The highest BCUT2D eigenvalue weighted by molar-refractivity contribution is 5.14. The Morgan fingerprint density at radius 3 is 2.28 bits per heavy atom. The van der Waals surface area contributed by atoms with Crippen LogP contribution in [-0.2, 0) is 0 Å².